The number of rotatable bonds is 1. The van der Waals surface area contributed by atoms with E-state index in [1.807, 2.05) is 0 Å². The van der Waals surface area contributed by atoms with Crippen LogP contribution < -0.4 is 11.2 Å². The van der Waals surface area contributed by atoms with Crippen molar-refractivity contribution in [3.05, 3.63) is 56.3 Å². The van der Waals surface area contributed by atoms with Crippen molar-refractivity contribution in [2.45, 2.75) is 0 Å². The minimum atomic E-state index is -0.505. The van der Waals surface area contributed by atoms with Crippen LogP contribution >= 0.6 is 11.6 Å². The first-order valence-electron chi connectivity index (χ1n) is 4.51. The first-order valence-corrected chi connectivity index (χ1v) is 4.89. The summed E-state index contributed by atoms with van der Waals surface area (Å²) >= 11 is 5.81. The van der Waals surface area contributed by atoms with Gasteiger partial charge in [-0.15, -0.1) is 0 Å². The average Bonchev–Trinajstić information content (AvgIpc) is 2.26. The summed E-state index contributed by atoms with van der Waals surface area (Å²) in [6.07, 6.45) is 1.09. The Kier molecular flexibility index (Phi) is 2.62. The van der Waals surface area contributed by atoms with E-state index in [0.29, 0.717) is 10.7 Å². The van der Waals surface area contributed by atoms with Gasteiger partial charge in [0.2, 0.25) is 0 Å². The molecular formula is C10H8ClN3O2. The van der Waals surface area contributed by atoms with Crippen LogP contribution in [0, 0.1) is 0 Å². The van der Waals surface area contributed by atoms with Crippen molar-refractivity contribution in [2.75, 3.05) is 0 Å². The summed E-state index contributed by atoms with van der Waals surface area (Å²) in [5.41, 5.74) is -0.425. The molecular weight excluding hydrogens is 230 g/mol. The van der Waals surface area contributed by atoms with Gasteiger partial charge in [0.05, 0.1) is 5.69 Å². The third-order valence-corrected chi connectivity index (χ3v) is 2.37. The average molecular weight is 238 g/mol. The number of hydrogen-bond acceptors (Lipinski definition) is 3. The topological polar surface area (TPSA) is 56.9 Å². The van der Waals surface area contributed by atoms with Crippen LogP contribution in [0.25, 0.3) is 5.69 Å². The molecule has 0 saturated carbocycles. The Balaban J connectivity index is 2.71. The molecule has 0 unspecified atom stereocenters. The zero-order valence-corrected chi connectivity index (χ0v) is 9.18. The second-order valence-corrected chi connectivity index (χ2v) is 3.65. The monoisotopic (exact) mass is 237 g/mol. The van der Waals surface area contributed by atoms with E-state index in [1.165, 1.54) is 7.05 Å². The number of aromatic nitrogens is 3. The maximum atomic E-state index is 11.7. The molecule has 0 aliphatic rings. The molecule has 16 heavy (non-hydrogen) atoms. The normalized spacial score (nSPS) is 10.4. The van der Waals surface area contributed by atoms with Crippen LogP contribution in [-0.2, 0) is 7.05 Å². The zero-order chi connectivity index (χ0) is 11.7. The summed E-state index contributed by atoms with van der Waals surface area (Å²) in [7, 11) is 1.40. The molecule has 0 radical (unpaired) electrons. The molecule has 0 amide bonds. The van der Waals surface area contributed by atoms with E-state index in [0.717, 1.165) is 15.4 Å². The van der Waals surface area contributed by atoms with Gasteiger partial charge in [-0.3, -0.25) is 9.36 Å². The van der Waals surface area contributed by atoms with Crippen molar-refractivity contribution in [2.24, 2.45) is 7.05 Å². The van der Waals surface area contributed by atoms with Crippen molar-refractivity contribution >= 4 is 11.6 Å². The predicted octanol–water partition coefficient (Wildman–Crippen LogP) is 0.585. The summed E-state index contributed by atoms with van der Waals surface area (Å²) in [6.45, 7) is 0. The van der Waals surface area contributed by atoms with Gasteiger partial charge in [0, 0.05) is 12.1 Å². The largest absolute Gasteiger partial charge is 0.351 e. The minimum Gasteiger partial charge on any atom is -0.267 e. The van der Waals surface area contributed by atoms with Gasteiger partial charge in [-0.1, -0.05) is 17.7 Å². The molecule has 0 aliphatic carbocycles. The number of benzene rings is 1. The molecule has 2 aromatic rings. The molecule has 0 aliphatic heterocycles. The van der Waals surface area contributed by atoms with E-state index in [-0.39, 0.29) is 0 Å². The first-order chi connectivity index (χ1) is 7.59. The van der Waals surface area contributed by atoms with Crippen LogP contribution in [0.5, 0.6) is 0 Å². The highest BCUT2D eigenvalue weighted by Crippen LogP contribution is 2.11. The minimum absolute atomic E-state index is 0.441. The van der Waals surface area contributed by atoms with E-state index in [9.17, 15) is 9.59 Å². The highest BCUT2D eigenvalue weighted by atomic mass is 35.5. The molecule has 1 aromatic heterocycles. The predicted molar refractivity (Wildman–Crippen MR) is 60.1 cm³/mol. The lowest BCUT2D eigenvalue weighted by Crippen LogP contribution is -2.38. The number of halogens is 1. The third kappa shape index (κ3) is 1.77. The molecule has 0 spiro atoms. The summed E-state index contributed by atoms with van der Waals surface area (Å²) in [5.74, 6) is 0. The van der Waals surface area contributed by atoms with Crippen LogP contribution in [0.2, 0.25) is 5.02 Å². The van der Waals surface area contributed by atoms with Crippen molar-refractivity contribution < 1.29 is 0 Å². The molecule has 6 heteroatoms. The fourth-order valence-corrected chi connectivity index (χ4v) is 1.45. The molecule has 0 saturated heterocycles. The standard InChI is InChI=1S/C10H8ClN3O2/c1-13-9(15)6-12-14(10(13)16)8-4-2-3-7(11)5-8/h2-6H,1H3. The summed E-state index contributed by atoms with van der Waals surface area (Å²) < 4.78 is 2.10. The molecule has 2 rings (SSSR count). The fraction of sp³-hybridized carbons (Fsp3) is 0.100. The van der Waals surface area contributed by atoms with Gasteiger partial charge < -0.3 is 0 Å². The number of hydrogen-bond donors (Lipinski definition) is 0. The first kappa shape index (κ1) is 10.6. The van der Waals surface area contributed by atoms with Crippen molar-refractivity contribution in [3.8, 4) is 5.69 Å². The Morgan fingerprint density at radius 1 is 1.31 bits per heavy atom. The lowest BCUT2D eigenvalue weighted by atomic mass is 10.3. The Labute approximate surface area is 95.5 Å². The summed E-state index contributed by atoms with van der Waals surface area (Å²) in [5, 5.41) is 4.26. The quantitative estimate of drug-likeness (QED) is 0.729. The molecule has 0 fully saturated rings. The zero-order valence-electron chi connectivity index (χ0n) is 8.42. The Morgan fingerprint density at radius 2 is 2.06 bits per heavy atom. The van der Waals surface area contributed by atoms with Gasteiger partial charge in [-0.05, 0) is 18.2 Å². The second-order valence-electron chi connectivity index (χ2n) is 3.22. The SMILES string of the molecule is Cn1c(=O)cnn(-c2cccc(Cl)c2)c1=O. The van der Waals surface area contributed by atoms with Crippen molar-refractivity contribution in [3.63, 3.8) is 0 Å². The van der Waals surface area contributed by atoms with Crippen LogP contribution in [0.1, 0.15) is 0 Å². The van der Waals surface area contributed by atoms with Gasteiger partial charge >= 0.3 is 5.69 Å². The van der Waals surface area contributed by atoms with Crippen LogP contribution in [0.4, 0.5) is 0 Å². The summed E-state index contributed by atoms with van der Waals surface area (Å²) in [6, 6.07) is 6.68. The lowest BCUT2D eigenvalue weighted by Gasteiger charge is -2.05. The maximum absolute atomic E-state index is 11.7. The molecule has 1 heterocycles. The van der Waals surface area contributed by atoms with E-state index in [4.69, 9.17) is 11.6 Å². The van der Waals surface area contributed by atoms with Crippen LogP contribution in [-0.4, -0.2) is 14.3 Å². The van der Waals surface area contributed by atoms with Gasteiger partial charge in [-0.25, -0.2) is 4.79 Å². The van der Waals surface area contributed by atoms with Gasteiger partial charge in [-0.2, -0.15) is 9.78 Å². The summed E-state index contributed by atoms with van der Waals surface area (Å²) in [4.78, 5) is 22.9. The van der Waals surface area contributed by atoms with Gasteiger partial charge in [0.15, 0.2) is 0 Å². The lowest BCUT2D eigenvalue weighted by molar-refractivity contribution is 0.655. The van der Waals surface area contributed by atoms with Crippen LogP contribution in [0.3, 0.4) is 0 Å². The van der Waals surface area contributed by atoms with Crippen molar-refractivity contribution in [1.29, 1.82) is 0 Å². The fourth-order valence-electron chi connectivity index (χ4n) is 1.26. The molecule has 5 nitrogen and oxygen atoms in total. The van der Waals surface area contributed by atoms with E-state index >= 15 is 0 Å². The molecule has 0 bridgehead atoms. The highest BCUT2D eigenvalue weighted by Gasteiger charge is 2.04. The molecule has 82 valence electrons. The van der Waals surface area contributed by atoms with Crippen molar-refractivity contribution in [1.82, 2.24) is 14.3 Å². The Morgan fingerprint density at radius 3 is 2.75 bits per heavy atom. The second kappa shape index (κ2) is 3.94. The molecule has 0 N–H and O–H groups in total. The van der Waals surface area contributed by atoms with E-state index in [2.05, 4.69) is 5.10 Å². The smallest absolute Gasteiger partial charge is 0.267 e. The van der Waals surface area contributed by atoms with E-state index < -0.39 is 11.2 Å². The Hall–Kier alpha value is -1.88. The van der Waals surface area contributed by atoms with Crippen LogP contribution in [0.15, 0.2) is 40.1 Å². The third-order valence-electron chi connectivity index (χ3n) is 2.14. The Bertz CT molecular complexity index is 645. The maximum Gasteiger partial charge on any atom is 0.351 e. The highest BCUT2D eigenvalue weighted by molar-refractivity contribution is 6.30. The number of nitrogens with zero attached hydrogens (tertiary/aromatic N) is 3. The molecule has 0 atom stereocenters. The molecule has 1 aromatic carbocycles. The van der Waals surface area contributed by atoms with E-state index in [1.54, 1.807) is 24.3 Å². The van der Waals surface area contributed by atoms with Gasteiger partial charge in [0.25, 0.3) is 5.56 Å². The van der Waals surface area contributed by atoms with Gasteiger partial charge in [0.1, 0.15) is 6.20 Å².